The van der Waals surface area contributed by atoms with Crippen molar-refractivity contribution in [3.05, 3.63) is 51.6 Å². The second-order valence-electron chi connectivity index (χ2n) is 7.56. The molecule has 0 aliphatic carbocycles. The molecule has 1 saturated heterocycles. The second-order valence-corrected chi connectivity index (χ2v) is 7.56. The summed E-state index contributed by atoms with van der Waals surface area (Å²) in [5, 5.41) is 8.08. The van der Waals surface area contributed by atoms with E-state index in [0.717, 1.165) is 24.9 Å². The van der Waals surface area contributed by atoms with Gasteiger partial charge in [-0.15, -0.1) is 5.10 Å². The molecular weight excluding hydrogens is 356 g/mol. The van der Waals surface area contributed by atoms with Crippen molar-refractivity contribution in [1.82, 2.24) is 29.9 Å². The summed E-state index contributed by atoms with van der Waals surface area (Å²) in [7, 11) is 0. The molecule has 1 amide bonds. The fourth-order valence-electron chi connectivity index (χ4n) is 3.86. The molecule has 2 atom stereocenters. The van der Waals surface area contributed by atoms with Gasteiger partial charge in [0.15, 0.2) is 11.2 Å². The van der Waals surface area contributed by atoms with Crippen LogP contribution < -0.4 is 5.56 Å². The topological polar surface area (TPSA) is 96.8 Å². The van der Waals surface area contributed by atoms with Crippen molar-refractivity contribution in [2.45, 2.75) is 52.1 Å². The number of benzene rings is 1. The molecular formula is C20H24N6O2. The van der Waals surface area contributed by atoms with Crippen LogP contribution in [0, 0.1) is 13.8 Å². The molecule has 8 nitrogen and oxygen atoms in total. The van der Waals surface area contributed by atoms with Gasteiger partial charge in [-0.2, -0.15) is 0 Å². The highest BCUT2D eigenvalue weighted by Crippen LogP contribution is 2.26. The van der Waals surface area contributed by atoms with Crippen LogP contribution in [0.1, 0.15) is 42.6 Å². The van der Waals surface area contributed by atoms with Crippen LogP contribution in [-0.4, -0.2) is 48.4 Å². The van der Waals surface area contributed by atoms with Crippen LogP contribution in [0.5, 0.6) is 0 Å². The molecule has 0 saturated carbocycles. The number of amides is 1. The van der Waals surface area contributed by atoms with Crippen LogP contribution in [-0.2, 0) is 11.3 Å². The zero-order valence-corrected chi connectivity index (χ0v) is 16.3. The minimum absolute atomic E-state index is 0.0201. The van der Waals surface area contributed by atoms with Gasteiger partial charge in [0.25, 0.3) is 5.56 Å². The summed E-state index contributed by atoms with van der Waals surface area (Å²) in [5.74, 6) is 0.447. The van der Waals surface area contributed by atoms with Crippen LogP contribution in [0.4, 0.5) is 0 Å². The van der Waals surface area contributed by atoms with E-state index in [0.29, 0.717) is 18.0 Å². The number of aromatic amines is 1. The Balaban J connectivity index is 1.56. The van der Waals surface area contributed by atoms with Gasteiger partial charge in [-0.1, -0.05) is 35.0 Å². The van der Waals surface area contributed by atoms with Crippen molar-refractivity contribution < 1.29 is 4.79 Å². The predicted molar refractivity (Wildman–Crippen MR) is 105 cm³/mol. The quantitative estimate of drug-likeness (QED) is 0.746. The Bertz CT molecular complexity index is 1070. The Hall–Kier alpha value is -3.03. The summed E-state index contributed by atoms with van der Waals surface area (Å²) in [5.41, 5.74) is 2.61. The third kappa shape index (κ3) is 3.30. The molecule has 0 bridgehead atoms. The smallest absolute Gasteiger partial charge is 0.281 e. The van der Waals surface area contributed by atoms with Gasteiger partial charge in [-0.05, 0) is 39.2 Å². The maximum Gasteiger partial charge on any atom is 0.281 e. The number of rotatable bonds is 4. The van der Waals surface area contributed by atoms with E-state index in [1.54, 1.807) is 11.6 Å². The minimum atomic E-state index is -0.291. The van der Waals surface area contributed by atoms with Gasteiger partial charge in [-0.25, -0.2) is 9.67 Å². The average Bonchev–Trinajstić information content (AvgIpc) is 3.29. The molecule has 0 radical (unpaired) electrons. The second kappa shape index (κ2) is 7.18. The number of aryl methyl sites for hydroxylation is 2. The van der Waals surface area contributed by atoms with Crippen molar-refractivity contribution >= 4 is 17.1 Å². The van der Waals surface area contributed by atoms with Crippen molar-refractivity contribution in [3.8, 4) is 0 Å². The third-order valence-corrected chi connectivity index (χ3v) is 5.48. The average molecular weight is 380 g/mol. The van der Waals surface area contributed by atoms with Gasteiger partial charge in [0.05, 0.1) is 18.5 Å². The zero-order chi connectivity index (χ0) is 19.8. The number of nitrogens with zero attached hydrogens (tertiary/aromatic N) is 5. The van der Waals surface area contributed by atoms with Gasteiger partial charge < -0.3 is 9.88 Å². The molecule has 3 aromatic rings. The molecule has 146 valence electrons. The van der Waals surface area contributed by atoms with E-state index in [2.05, 4.69) is 20.3 Å². The van der Waals surface area contributed by atoms with Crippen molar-refractivity contribution in [2.24, 2.45) is 0 Å². The molecule has 3 heterocycles. The van der Waals surface area contributed by atoms with Crippen LogP contribution in [0.25, 0.3) is 11.2 Å². The summed E-state index contributed by atoms with van der Waals surface area (Å²) in [6, 6.07) is 8.13. The lowest BCUT2D eigenvalue weighted by Crippen LogP contribution is -2.40. The van der Waals surface area contributed by atoms with Crippen LogP contribution in [0.15, 0.2) is 29.1 Å². The Morgan fingerprint density at radius 1 is 1.29 bits per heavy atom. The highest BCUT2D eigenvalue weighted by atomic mass is 16.2. The summed E-state index contributed by atoms with van der Waals surface area (Å²) in [6.45, 7) is 6.94. The molecule has 1 aliphatic rings. The maximum absolute atomic E-state index is 13.2. The molecule has 28 heavy (non-hydrogen) atoms. The zero-order valence-electron chi connectivity index (χ0n) is 16.3. The van der Waals surface area contributed by atoms with Crippen molar-refractivity contribution in [3.63, 3.8) is 0 Å². The summed E-state index contributed by atoms with van der Waals surface area (Å²) < 4.78 is 1.64. The molecule has 1 aromatic carbocycles. The number of hydrogen-bond acceptors (Lipinski definition) is 5. The lowest BCUT2D eigenvalue weighted by atomic mass is 9.98. The number of hydrogen-bond donors (Lipinski definition) is 1. The Morgan fingerprint density at radius 2 is 2.04 bits per heavy atom. The fraction of sp³-hybridized carbons (Fsp3) is 0.450. The molecule has 1 fully saturated rings. The third-order valence-electron chi connectivity index (χ3n) is 5.48. The highest BCUT2D eigenvalue weighted by molar-refractivity contribution is 5.84. The van der Waals surface area contributed by atoms with Gasteiger partial charge in [-0.3, -0.25) is 9.59 Å². The fourth-order valence-corrected chi connectivity index (χ4v) is 3.86. The molecule has 8 heteroatoms. The van der Waals surface area contributed by atoms with Crippen molar-refractivity contribution in [2.75, 3.05) is 6.54 Å². The Kier molecular flexibility index (Phi) is 4.70. The van der Waals surface area contributed by atoms with Gasteiger partial charge in [0.1, 0.15) is 5.82 Å². The lowest BCUT2D eigenvalue weighted by molar-refractivity contribution is -0.133. The van der Waals surface area contributed by atoms with Gasteiger partial charge >= 0.3 is 0 Å². The number of carbonyl (C=O) groups excluding carboxylic acids is 1. The summed E-state index contributed by atoms with van der Waals surface area (Å²) in [4.78, 5) is 34.1. The first-order chi connectivity index (χ1) is 13.4. The number of nitrogens with one attached hydrogen (secondary N) is 1. The largest absolute Gasteiger partial charge is 0.337 e. The van der Waals surface area contributed by atoms with E-state index < -0.39 is 0 Å². The molecule has 1 N–H and O–H groups in total. The molecule has 0 unspecified atom stereocenters. The van der Waals surface area contributed by atoms with E-state index in [9.17, 15) is 9.59 Å². The summed E-state index contributed by atoms with van der Waals surface area (Å²) >= 11 is 0. The van der Waals surface area contributed by atoms with E-state index in [1.165, 1.54) is 5.56 Å². The number of H-pyrrole nitrogens is 1. The standard InChI is InChI=1S/C20H24N6O2/c1-12-6-8-15(9-7-12)13(2)20(28)25-10-4-5-16(25)11-26-18-17(23-24-26)19(27)22-14(3)21-18/h6-9,13,16H,4-5,10-11H2,1-3H3,(H,21,22,27)/t13-,16+/m0/s1. The van der Waals surface area contributed by atoms with E-state index in [4.69, 9.17) is 0 Å². The SMILES string of the molecule is Cc1ccc([C@H](C)C(=O)N2CCC[C@@H]2Cn2nnc3c(=O)[nH]c(C)nc32)cc1. The van der Waals surface area contributed by atoms with Crippen LogP contribution >= 0.6 is 0 Å². The molecule has 4 rings (SSSR count). The highest BCUT2D eigenvalue weighted by Gasteiger charge is 2.32. The number of carbonyl (C=O) groups is 1. The first-order valence-electron chi connectivity index (χ1n) is 9.61. The van der Waals surface area contributed by atoms with E-state index in [-0.39, 0.29) is 28.9 Å². The first kappa shape index (κ1) is 18.3. The van der Waals surface area contributed by atoms with Crippen LogP contribution in [0.2, 0.25) is 0 Å². The number of likely N-dealkylation sites (tertiary alicyclic amines) is 1. The number of aromatic nitrogens is 5. The minimum Gasteiger partial charge on any atom is -0.337 e. The monoisotopic (exact) mass is 380 g/mol. The van der Waals surface area contributed by atoms with Gasteiger partial charge in [0, 0.05) is 6.54 Å². The lowest BCUT2D eigenvalue weighted by Gasteiger charge is -2.27. The molecule has 2 aromatic heterocycles. The van der Waals surface area contributed by atoms with Crippen molar-refractivity contribution in [1.29, 1.82) is 0 Å². The van der Waals surface area contributed by atoms with E-state index in [1.807, 2.05) is 43.0 Å². The number of fused-ring (bicyclic) bond motifs is 1. The predicted octanol–water partition coefficient (Wildman–Crippen LogP) is 1.93. The Labute approximate surface area is 162 Å². The van der Waals surface area contributed by atoms with E-state index >= 15 is 0 Å². The first-order valence-corrected chi connectivity index (χ1v) is 9.61. The van der Waals surface area contributed by atoms with Gasteiger partial charge in [0.2, 0.25) is 5.91 Å². The maximum atomic E-state index is 13.2. The molecule has 1 aliphatic heterocycles. The van der Waals surface area contributed by atoms with Crippen LogP contribution in [0.3, 0.4) is 0 Å². The summed E-state index contributed by atoms with van der Waals surface area (Å²) in [6.07, 6.45) is 1.85. The Morgan fingerprint density at radius 3 is 2.79 bits per heavy atom. The molecule has 0 spiro atoms. The normalized spacial score (nSPS) is 18.0.